The molecule has 2 rings (SSSR count). The highest BCUT2D eigenvalue weighted by Gasteiger charge is 2.34. The van der Waals surface area contributed by atoms with Crippen LogP contribution in [0.4, 0.5) is 0 Å². The van der Waals surface area contributed by atoms with Gasteiger partial charge in [0.2, 0.25) is 5.91 Å². The fourth-order valence-corrected chi connectivity index (χ4v) is 4.95. The second-order valence-electron chi connectivity index (χ2n) is 7.38. The van der Waals surface area contributed by atoms with Crippen LogP contribution in [0.25, 0.3) is 0 Å². The first-order valence-corrected chi connectivity index (χ1v) is 10.7. The zero-order chi connectivity index (χ0) is 20.8. The third-order valence-electron chi connectivity index (χ3n) is 5.78. The van der Waals surface area contributed by atoms with E-state index in [1.54, 1.807) is 17.1 Å². The van der Waals surface area contributed by atoms with E-state index in [-0.39, 0.29) is 23.8 Å². The van der Waals surface area contributed by atoms with Crippen LogP contribution in [0.2, 0.25) is 0 Å². The molecule has 0 aliphatic carbocycles. The molecule has 1 N–H and O–H groups in total. The first-order chi connectivity index (χ1) is 13.3. The van der Waals surface area contributed by atoms with E-state index in [4.69, 9.17) is 5.11 Å². The van der Waals surface area contributed by atoms with E-state index in [9.17, 15) is 18.4 Å². The Hall–Kier alpha value is -1.93. The fourth-order valence-electron chi connectivity index (χ4n) is 4.12. The summed E-state index contributed by atoms with van der Waals surface area (Å²) < 4.78 is 25.0. The molecular formula is C20H29N2O5S-. The number of allylic oxidation sites excluding steroid dienone is 4. The molecule has 2 aliphatic heterocycles. The van der Waals surface area contributed by atoms with Gasteiger partial charge in [-0.05, 0) is 51.0 Å². The van der Waals surface area contributed by atoms with E-state index in [1.807, 2.05) is 19.9 Å². The van der Waals surface area contributed by atoms with E-state index in [1.165, 1.54) is 4.31 Å². The Kier molecular flexibility index (Phi) is 8.00. The molecule has 3 atom stereocenters. The van der Waals surface area contributed by atoms with E-state index in [0.29, 0.717) is 50.9 Å². The molecule has 2 fully saturated rings. The predicted octanol–water partition coefficient (Wildman–Crippen LogP) is 2.61. The molecule has 1 unspecified atom stereocenters. The Balaban J connectivity index is 2.02. The number of likely N-dealkylation sites (tertiary alicyclic amines) is 1. The zero-order valence-electron chi connectivity index (χ0n) is 16.5. The normalized spacial score (nSPS) is 27.8. The smallest absolute Gasteiger partial charge is 0.306 e. The van der Waals surface area contributed by atoms with Crippen LogP contribution in [0.3, 0.4) is 0 Å². The van der Waals surface area contributed by atoms with Gasteiger partial charge in [0.1, 0.15) is 0 Å². The molecule has 0 spiro atoms. The number of piperidine rings is 2. The van der Waals surface area contributed by atoms with Gasteiger partial charge in [-0.2, -0.15) is 0 Å². The van der Waals surface area contributed by atoms with E-state index < -0.39 is 17.2 Å². The van der Waals surface area contributed by atoms with Crippen molar-refractivity contribution in [1.82, 2.24) is 9.21 Å². The van der Waals surface area contributed by atoms with Gasteiger partial charge >= 0.3 is 5.97 Å². The van der Waals surface area contributed by atoms with E-state index in [0.717, 1.165) is 5.57 Å². The minimum atomic E-state index is -2.40. The Bertz CT molecular complexity index is 695. The molecule has 2 heterocycles. The standard InChI is InChI=1S/C20H30N2O5S/c1-4-6-17-13-16(14(3)22(28(26)27)18(17)5-2)7-8-19(23)21-11-9-15(10-12-21)20(24)25/h4-6,14-16H,1,7-13H2,2-3H3,(H,24,25)(H,26,27)/p-1/b17-6-,18-5+/t14-,16-/m1/s1. The lowest BCUT2D eigenvalue weighted by Gasteiger charge is -2.44. The molecule has 7 nitrogen and oxygen atoms in total. The zero-order valence-corrected chi connectivity index (χ0v) is 17.3. The van der Waals surface area contributed by atoms with Crippen molar-refractivity contribution in [2.24, 2.45) is 11.8 Å². The van der Waals surface area contributed by atoms with Crippen molar-refractivity contribution in [2.45, 2.75) is 52.0 Å². The number of carboxylic acids is 1. The van der Waals surface area contributed by atoms with Crippen molar-refractivity contribution < 1.29 is 23.5 Å². The molecule has 1 amide bonds. The summed E-state index contributed by atoms with van der Waals surface area (Å²) in [5.41, 5.74) is 1.57. The van der Waals surface area contributed by atoms with Crippen molar-refractivity contribution in [3.8, 4) is 0 Å². The quantitative estimate of drug-likeness (QED) is 0.680. The maximum absolute atomic E-state index is 12.6. The van der Waals surface area contributed by atoms with Crippen LogP contribution in [0.1, 0.15) is 46.0 Å². The van der Waals surface area contributed by atoms with Gasteiger partial charge in [-0.15, -0.1) is 0 Å². The van der Waals surface area contributed by atoms with Crippen molar-refractivity contribution in [2.75, 3.05) is 13.1 Å². The number of rotatable bonds is 6. The Morgan fingerprint density at radius 1 is 1.36 bits per heavy atom. The summed E-state index contributed by atoms with van der Waals surface area (Å²) in [6.07, 6.45) is 7.84. The molecule has 0 aromatic heterocycles. The average Bonchev–Trinajstić information content (AvgIpc) is 2.67. The molecule has 0 aromatic carbocycles. The van der Waals surface area contributed by atoms with Crippen LogP contribution >= 0.6 is 0 Å². The number of carbonyl (C=O) groups is 2. The number of amides is 1. The van der Waals surface area contributed by atoms with Crippen molar-refractivity contribution >= 4 is 23.1 Å². The van der Waals surface area contributed by atoms with E-state index >= 15 is 0 Å². The second kappa shape index (κ2) is 10.0. The molecule has 28 heavy (non-hydrogen) atoms. The van der Waals surface area contributed by atoms with Crippen LogP contribution < -0.4 is 0 Å². The third kappa shape index (κ3) is 5.11. The number of hydrogen-bond acceptors (Lipinski definition) is 4. The summed E-state index contributed by atoms with van der Waals surface area (Å²) in [5.74, 6) is -1.13. The van der Waals surface area contributed by atoms with Crippen molar-refractivity contribution in [3.63, 3.8) is 0 Å². The Labute approximate surface area is 169 Å². The minimum absolute atomic E-state index is 0.0110. The number of aliphatic carboxylic acids is 1. The summed E-state index contributed by atoms with van der Waals surface area (Å²) in [7, 11) is 0. The minimum Gasteiger partial charge on any atom is -0.755 e. The van der Waals surface area contributed by atoms with Crippen LogP contribution in [-0.2, 0) is 20.9 Å². The Morgan fingerprint density at radius 2 is 2.00 bits per heavy atom. The van der Waals surface area contributed by atoms with Gasteiger partial charge in [-0.3, -0.25) is 18.1 Å². The maximum atomic E-state index is 12.6. The first kappa shape index (κ1) is 22.4. The highest BCUT2D eigenvalue weighted by Crippen LogP contribution is 2.38. The molecule has 0 radical (unpaired) electrons. The lowest BCUT2D eigenvalue weighted by atomic mass is 9.83. The summed E-state index contributed by atoms with van der Waals surface area (Å²) in [5, 5.41) is 9.07. The topological polar surface area (TPSA) is 101 Å². The van der Waals surface area contributed by atoms with Crippen LogP contribution in [0, 0.1) is 11.8 Å². The second-order valence-corrected chi connectivity index (χ2v) is 8.21. The summed E-state index contributed by atoms with van der Waals surface area (Å²) in [4.78, 5) is 25.3. The van der Waals surface area contributed by atoms with Gasteiger partial charge < -0.3 is 14.6 Å². The van der Waals surface area contributed by atoms with E-state index in [2.05, 4.69) is 6.58 Å². The summed E-state index contributed by atoms with van der Waals surface area (Å²) in [6.45, 7) is 8.33. The van der Waals surface area contributed by atoms with Crippen molar-refractivity contribution in [1.29, 1.82) is 0 Å². The maximum Gasteiger partial charge on any atom is 0.306 e. The number of carboxylic acid groups (broad SMARTS) is 1. The summed E-state index contributed by atoms with van der Waals surface area (Å²) >= 11 is -2.40. The third-order valence-corrected chi connectivity index (χ3v) is 6.63. The van der Waals surface area contributed by atoms with Gasteiger partial charge in [-0.1, -0.05) is 24.8 Å². The SMILES string of the molecule is C=C/C=C1/C[C@@H](CCC(=O)N2CCC(C(=O)O)CC2)[C@@H](C)N(S(=O)[O-])/C1=C/C. The highest BCUT2D eigenvalue weighted by molar-refractivity contribution is 7.76. The molecule has 0 bridgehead atoms. The molecule has 8 heteroatoms. The molecule has 156 valence electrons. The molecule has 0 aromatic rings. The van der Waals surface area contributed by atoms with Crippen molar-refractivity contribution in [3.05, 3.63) is 36.1 Å². The number of carbonyl (C=O) groups excluding carboxylic acids is 1. The van der Waals surface area contributed by atoms with Gasteiger partial charge in [0.25, 0.3) is 0 Å². The lowest BCUT2D eigenvalue weighted by Crippen LogP contribution is -2.44. The van der Waals surface area contributed by atoms with Gasteiger partial charge in [0.05, 0.1) is 5.92 Å². The lowest BCUT2D eigenvalue weighted by molar-refractivity contribution is -0.145. The summed E-state index contributed by atoms with van der Waals surface area (Å²) in [6, 6.07) is -0.239. The fraction of sp³-hybridized carbons (Fsp3) is 0.600. The van der Waals surface area contributed by atoms with Gasteiger partial charge in [-0.25, -0.2) is 0 Å². The van der Waals surface area contributed by atoms with Gasteiger partial charge in [0.15, 0.2) is 0 Å². The molecule has 2 saturated heterocycles. The van der Waals surface area contributed by atoms with Crippen LogP contribution in [-0.4, -0.2) is 54.1 Å². The Morgan fingerprint density at radius 3 is 2.50 bits per heavy atom. The van der Waals surface area contributed by atoms with Crippen LogP contribution in [0.5, 0.6) is 0 Å². The monoisotopic (exact) mass is 409 g/mol. The molecular weight excluding hydrogens is 380 g/mol. The largest absolute Gasteiger partial charge is 0.755 e. The number of hydrogen-bond donors (Lipinski definition) is 1. The molecule has 2 aliphatic rings. The van der Waals surface area contributed by atoms with Gasteiger partial charge in [0, 0.05) is 42.5 Å². The highest BCUT2D eigenvalue weighted by atomic mass is 32.2. The first-order valence-electron chi connectivity index (χ1n) is 9.67. The number of nitrogens with zero attached hydrogens (tertiary/aromatic N) is 2. The predicted molar refractivity (Wildman–Crippen MR) is 107 cm³/mol. The van der Waals surface area contributed by atoms with Crippen LogP contribution in [0.15, 0.2) is 36.1 Å². The average molecular weight is 410 g/mol. The molecule has 0 saturated carbocycles.